The highest BCUT2D eigenvalue weighted by atomic mass is 19.1. The standard InChI is InChI=1S/C30H31FN6O3/c1-4-9-36(10-5-2)29(38)22-13-24-25(31)14-21(15-26(24)33-27(32)16-22)19-6-7-23-20(12-19)8-11-37(30(23)39)17-28-35-34-18(3)40-28/h6-8,11-15H,4-5,9-10,16-17H2,1-3H3,(H2,32,33). The van der Waals surface area contributed by atoms with Gasteiger partial charge in [0.05, 0.1) is 5.69 Å². The lowest BCUT2D eigenvalue weighted by atomic mass is 9.98. The summed E-state index contributed by atoms with van der Waals surface area (Å²) in [7, 11) is 0. The molecule has 2 aromatic carbocycles. The predicted molar refractivity (Wildman–Crippen MR) is 153 cm³/mol. The van der Waals surface area contributed by atoms with Crippen molar-refractivity contribution in [2.24, 2.45) is 10.7 Å². The van der Waals surface area contributed by atoms with Crippen LogP contribution in [0.25, 0.3) is 28.0 Å². The molecule has 2 N–H and O–H groups in total. The number of aromatic nitrogens is 3. The Hall–Kier alpha value is -4.60. The molecular formula is C30H31FN6O3. The fourth-order valence-electron chi connectivity index (χ4n) is 4.95. The van der Waals surface area contributed by atoms with Gasteiger partial charge in [-0.15, -0.1) is 10.2 Å². The maximum Gasteiger partial charge on any atom is 0.258 e. The summed E-state index contributed by atoms with van der Waals surface area (Å²) in [6.07, 6.45) is 5.05. The summed E-state index contributed by atoms with van der Waals surface area (Å²) in [5.41, 5.74) is 8.31. The van der Waals surface area contributed by atoms with Crippen LogP contribution in [0.4, 0.5) is 10.1 Å². The molecule has 0 saturated carbocycles. The van der Waals surface area contributed by atoms with Crippen LogP contribution in [-0.4, -0.2) is 44.5 Å². The Morgan fingerprint density at radius 3 is 2.58 bits per heavy atom. The maximum atomic E-state index is 15.5. The van der Waals surface area contributed by atoms with E-state index in [4.69, 9.17) is 10.2 Å². The monoisotopic (exact) mass is 542 g/mol. The van der Waals surface area contributed by atoms with Crippen molar-refractivity contribution in [2.75, 3.05) is 13.1 Å². The summed E-state index contributed by atoms with van der Waals surface area (Å²) in [4.78, 5) is 32.6. The topological polar surface area (TPSA) is 120 Å². The van der Waals surface area contributed by atoms with Gasteiger partial charge in [0.25, 0.3) is 5.56 Å². The van der Waals surface area contributed by atoms with E-state index in [2.05, 4.69) is 15.2 Å². The van der Waals surface area contributed by atoms with E-state index < -0.39 is 5.82 Å². The molecule has 206 valence electrons. The Kier molecular flexibility index (Phi) is 7.59. The molecule has 1 aliphatic rings. The summed E-state index contributed by atoms with van der Waals surface area (Å²) in [5.74, 6) is 0.379. The average molecular weight is 543 g/mol. The summed E-state index contributed by atoms with van der Waals surface area (Å²) in [6.45, 7) is 7.14. The third-order valence-electron chi connectivity index (χ3n) is 6.79. The van der Waals surface area contributed by atoms with Crippen molar-refractivity contribution < 1.29 is 13.6 Å². The number of hydrogen-bond acceptors (Lipinski definition) is 7. The molecule has 40 heavy (non-hydrogen) atoms. The third kappa shape index (κ3) is 5.42. The van der Waals surface area contributed by atoms with Crippen molar-refractivity contribution in [1.29, 1.82) is 0 Å². The first-order valence-electron chi connectivity index (χ1n) is 13.4. The summed E-state index contributed by atoms with van der Waals surface area (Å²) < 4.78 is 22.4. The normalized spacial score (nSPS) is 13.0. The number of carbonyl (C=O) groups excluding carboxylic acids is 1. The number of hydrogen-bond donors (Lipinski definition) is 1. The van der Waals surface area contributed by atoms with Crippen LogP contribution in [0.15, 0.2) is 62.4 Å². The lowest BCUT2D eigenvalue weighted by Crippen LogP contribution is -2.34. The van der Waals surface area contributed by atoms with Crippen molar-refractivity contribution >= 4 is 34.3 Å². The van der Waals surface area contributed by atoms with Crippen molar-refractivity contribution in [1.82, 2.24) is 19.7 Å². The van der Waals surface area contributed by atoms with Crippen LogP contribution in [0.3, 0.4) is 0 Å². The van der Waals surface area contributed by atoms with Crippen LogP contribution in [-0.2, 0) is 11.3 Å². The molecule has 5 rings (SSSR count). The molecule has 0 spiro atoms. The lowest BCUT2D eigenvalue weighted by Gasteiger charge is -2.22. The smallest absolute Gasteiger partial charge is 0.258 e. The van der Waals surface area contributed by atoms with E-state index in [0.29, 0.717) is 58.0 Å². The zero-order valence-corrected chi connectivity index (χ0v) is 22.8. The van der Waals surface area contributed by atoms with Crippen LogP contribution in [0.2, 0.25) is 0 Å². The molecule has 0 unspecified atom stereocenters. The zero-order valence-electron chi connectivity index (χ0n) is 22.8. The van der Waals surface area contributed by atoms with E-state index in [0.717, 1.165) is 12.8 Å². The van der Waals surface area contributed by atoms with Gasteiger partial charge in [-0.2, -0.15) is 0 Å². The van der Waals surface area contributed by atoms with Crippen molar-refractivity contribution in [3.63, 3.8) is 0 Å². The Morgan fingerprint density at radius 2 is 1.88 bits per heavy atom. The SMILES string of the molecule is CCCN(CCC)C(=O)C1=Cc2c(F)cc(-c3ccc4c(=O)n(Cc5nnc(C)o5)ccc4c3)cc2N=C(N)C1. The van der Waals surface area contributed by atoms with Crippen LogP contribution in [0, 0.1) is 12.7 Å². The molecule has 9 nitrogen and oxygen atoms in total. The van der Waals surface area contributed by atoms with Crippen LogP contribution < -0.4 is 11.3 Å². The summed E-state index contributed by atoms with van der Waals surface area (Å²) in [5, 5.41) is 8.97. The fourth-order valence-corrected chi connectivity index (χ4v) is 4.95. The first kappa shape index (κ1) is 27.0. The molecule has 1 amide bonds. The van der Waals surface area contributed by atoms with Crippen molar-refractivity contribution in [2.45, 2.75) is 46.6 Å². The number of nitrogens with zero attached hydrogens (tertiary/aromatic N) is 5. The van der Waals surface area contributed by atoms with Crippen molar-refractivity contribution in [3.05, 3.63) is 81.7 Å². The lowest BCUT2D eigenvalue weighted by molar-refractivity contribution is -0.127. The van der Waals surface area contributed by atoms with E-state index in [1.165, 1.54) is 10.6 Å². The molecule has 0 aliphatic carbocycles. The van der Waals surface area contributed by atoms with Gasteiger partial charge in [0, 0.05) is 49.2 Å². The minimum atomic E-state index is -0.501. The van der Waals surface area contributed by atoms with Gasteiger partial charge in [0.15, 0.2) is 0 Å². The van der Waals surface area contributed by atoms with Gasteiger partial charge < -0.3 is 19.6 Å². The highest BCUT2D eigenvalue weighted by molar-refractivity contribution is 6.05. The number of pyridine rings is 1. The highest BCUT2D eigenvalue weighted by Gasteiger charge is 2.23. The second-order valence-corrected chi connectivity index (χ2v) is 9.90. The minimum absolute atomic E-state index is 0.146. The van der Waals surface area contributed by atoms with Gasteiger partial charge in [-0.1, -0.05) is 19.9 Å². The first-order valence-corrected chi connectivity index (χ1v) is 13.4. The van der Waals surface area contributed by atoms with Crippen LogP contribution in [0.1, 0.15) is 50.5 Å². The maximum absolute atomic E-state index is 15.5. The van der Waals surface area contributed by atoms with Gasteiger partial charge >= 0.3 is 0 Å². The third-order valence-corrected chi connectivity index (χ3v) is 6.79. The molecular weight excluding hydrogens is 511 g/mol. The number of fused-ring (bicyclic) bond motifs is 2. The predicted octanol–water partition coefficient (Wildman–Crippen LogP) is 4.97. The van der Waals surface area contributed by atoms with E-state index in [1.54, 1.807) is 42.3 Å². The van der Waals surface area contributed by atoms with Gasteiger partial charge in [0.1, 0.15) is 18.2 Å². The molecule has 0 atom stereocenters. The zero-order chi connectivity index (χ0) is 28.4. The average Bonchev–Trinajstić information content (AvgIpc) is 3.26. The van der Waals surface area contributed by atoms with Crippen LogP contribution >= 0.6 is 0 Å². The number of carbonyl (C=O) groups is 1. The van der Waals surface area contributed by atoms with Gasteiger partial charge in [-0.25, -0.2) is 9.38 Å². The molecule has 0 fully saturated rings. The molecule has 0 saturated heterocycles. The number of benzene rings is 2. The largest absolute Gasteiger partial charge is 0.424 e. The number of amidine groups is 1. The number of aliphatic imine (C=N–C) groups is 1. The number of nitrogens with two attached hydrogens (primary N) is 1. The molecule has 10 heteroatoms. The molecule has 2 aromatic heterocycles. The Balaban J connectivity index is 1.49. The summed E-state index contributed by atoms with van der Waals surface area (Å²) in [6, 6.07) is 10.3. The molecule has 0 bridgehead atoms. The molecule has 1 aliphatic heterocycles. The van der Waals surface area contributed by atoms with Gasteiger partial charge in [0.2, 0.25) is 17.7 Å². The van der Waals surface area contributed by atoms with E-state index in [1.807, 2.05) is 26.0 Å². The van der Waals surface area contributed by atoms with E-state index >= 15 is 4.39 Å². The quantitative estimate of drug-likeness (QED) is 0.336. The molecule has 4 aromatic rings. The fraction of sp³-hybridized carbons (Fsp3) is 0.300. The van der Waals surface area contributed by atoms with E-state index in [-0.39, 0.29) is 35.8 Å². The highest BCUT2D eigenvalue weighted by Crippen LogP contribution is 2.35. The number of halogens is 1. The number of aryl methyl sites for hydroxylation is 1. The van der Waals surface area contributed by atoms with Crippen LogP contribution in [0.5, 0.6) is 0 Å². The summed E-state index contributed by atoms with van der Waals surface area (Å²) >= 11 is 0. The number of amides is 1. The molecule has 0 radical (unpaired) electrons. The Morgan fingerprint density at radius 1 is 1.10 bits per heavy atom. The minimum Gasteiger partial charge on any atom is -0.424 e. The molecule has 3 heterocycles. The Bertz CT molecular complexity index is 1710. The Labute approximate surface area is 230 Å². The van der Waals surface area contributed by atoms with E-state index in [9.17, 15) is 9.59 Å². The van der Waals surface area contributed by atoms with Gasteiger partial charge in [-0.3, -0.25) is 9.59 Å². The first-order chi connectivity index (χ1) is 19.3. The van der Waals surface area contributed by atoms with Crippen molar-refractivity contribution in [3.8, 4) is 11.1 Å². The van der Waals surface area contributed by atoms with Gasteiger partial charge in [-0.05, 0) is 65.8 Å². The number of rotatable bonds is 8. The second-order valence-electron chi connectivity index (χ2n) is 9.90. The second kappa shape index (κ2) is 11.3.